The molecule has 4 rings (SSSR count). The number of alkyl halides is 3. The van der Waals surface area contributed by atoms with E-state index in [1.165, 1.54) is 48.5 Å². The SMILES string of the molecule is NC(=O)CCCS(=O)(=O)c1cccc(Oc2ccc(F)c(-c3ncnc4c(C(F)(F)F)cccc34)c2)c1. The van der Waals surface area contributed by atoms with Gasteiger partial charge >= 0.3 is 6.18 Å². The minimum Gasteiger partial charge on any atom is -0.457 e. The number of carbonyl (C=O) groups is 1. The van der Waals surface area contributed by atoms with Crippen LogP contribution in [-0.2, 0) is 20.8 Å². The second kappa shape index (κ2) is 10.1. The summed E-state index contributed by atoms with van der Waals surface area (Å²) in [6.45, 7) is 0. The van der Waals surface area contributed by atoms with Crippen LogP contribution in [0.5, 0.6) is 11.5 Å². The molecule has 0 saturated heterocycles. The van der Waals surface area contributed by atoms with E-state index in [-0.39, 0.29) is 57.1 Å². The van der Waals surface area contributed by atoms with Crippen LogP contribution >= 0.6 is 0 Å². The molecule has 0 aliphatic rings. The molecule has 0 saturated carbocycles. The Morgan fingerprint density at radius 2 is 1.70 bits per heavy atom. The molecule has 1 amide bonds. The highest BCUT2D eigenvalue weighted by molar-refractivity contribution is 7.91. The quantitative estimate of drug-likeness (QED) is 0.308. The number of primary amides is 1. The Balaban J connectivity index is 1.67. The normalized spacial score (nSPS) is 12.0. The number of fused-ring (bicyclic) bond motifs is 1. The largest absolute Gasteiger partial charge is 0.457 e. The average molecular weight is 534 g/mol. The zero-order chi connectivity index (χ0) is 26.8. The Morgan fingerprint density at radius 3 is 2.43 bits per heavy atom. The molecule has 0 spiro atoms. The summed E-state index contributed by atoms with van der Waals surface area (Å²) in [7, 11) is -3.73. The van der Waals surface area contributed by atoms with Gasteiger partial charge in [-0.15, -0.1) is 0 Å². The first-order valence-electron chi connectivity index (χ1n) is 10.9. The molecule has 2 N–H and O–H groups in total. The van der Waals surface area contributed by atoms with Gasteiger partial charge in [0, 0.05) is 17.4 Å². The van der Waals surface area contributed by atoms with Gasteiger partial charge in [-0.05, 0) is 48.9 Å². The fourth-order valence-corrected chi connectivity index (χ4v) is 5.04. The number of halogens is 4. The molecule has 1 heterocycles. The van der Waals surface area contributed by atoms with Crippen molar-refractivity contribution in [2.24, 2.45) is 5.73 Å². The first kappa shape index (κ1) is 26.0. The monoisotopic (exact) mass is 533 g/mol. The van der Waals surface area contributed by atoms with Crippen LogP contribution in [0.4, 0.5) is 17.6 Å². The number of sulfone groups is 1. The molecular formula is C25H19F4N3O4S. The van der Waals surface area contributed by atoms with Crippen molar-refractivity contribution < 1.29 is 35.5 Å². The van der Waals surface area contributed by atoms with Gasteiger partial charge in [0.15, 0.2) is 9.84 Å². The van der Waals surface area contributed by atoms with E-state index in [2.05, 4.69) is 9.97 Å². The van der Waals surface area contributed by atoms with E-state index in [1.807, 2.05) is 0 Å². The molecule has 12 heteroatoms. The van der Waals surface area contributed by atoms with Gasteiger partial charge in [0.25, 0.3) is 0 Å². The second-order valence-corrected chi connectivity index (χ2v) is 10.1. The molecule has 3 aromatic carbocycles. The molecule has 4 aromatic rings. The summed E-state index contributed by atoms with van der Waals surface area (Å²) in [6.07, 6.45) is -3.75. The Labute approximate surface area is 208 Å². The first-order valence-corrected chi connectivity index (χ1v) is 12.5. The summed E-state index contributed by atoms with van der Waals surface area (Å²) in [5.41, 5.74) is 3.51. The van der Waals surface area contributed by atoms with E-state index in [9.17, 15) is 30.8 Å². The Kier molecular flexibility index (Phi) is 7.12. The van der Waals surface area contributed by atoms with E-state index in [0.29, 0.717) is 0 Å². The Morgan fingerprint density at radius 1 is 0.973 bits per heavy atom. The molecule has 0 aliphatic carbocycles. The third kappa shape index (κ3) is 5.85. The fraction of sp³-hybridized carbons (Fsp3) is 0.160. The topological polar surface area (TPSA) is 112 Å². The van der Waals surface area contributed by atoms with Crippen molar-refractivity contribution in [1.29, 1.82) is 0 Å². The molecule has 37 heavy (non-hydrogen) atoms. The second-order valence-electron chi connectivity index (χ2n) is 8.03. The number of aromatic nitrogens is 2. The smallest absolute Gasteiger partial charge is 0.418 e. The van der Waals surface area contributed by atoms with Gasteiger partial charge < -0.3 is 10.5 Å². The van der Waals surface area contributed by atoms with Gasteiger partial charge in [0.05, 0.1) is 27.4 Å². The van der Waals surface area contributed by atoms with Gasteiger partial charge in [0.1, 0.15) is 23.6 Å². The number of benzene rings is 3. The molecule has 0 unspecified atom stereocenters. The summed E-state index contributed by atoms with van der Waals surface area (Å²) >= 11 is 0. The van der Waals surface area contributed by atoms with Gasteiger partial charge in [-0.2, -0.15) is 13.2 Å². The van der Waals surface area contributed by atoms with Crippen LogP contribution in [0.1, 0.15) is 18.4 Å². The van der Waals surface area contributed by atoms with Gasteiger partial charge in [0.2, 0.25) is 5.91 Å². The molecule has 192 valence electrons. The predicted molar refractivity (Wildman–Crippen MR) is 127 cm³/mol. The van der Waals surface area contributed by atoms with E-state index < -0.39 is 33.3 Å². The number of nitrogens with zero attached hydrogens (tertiary/aromatic N) is 2. The van der Waals surface area contributed by atoms with Crippen LogP contribution in [0.25, 0.3) is 22.2 Å². The molecule has 0 fully saturated rings. The number of rotatable bonds is 8. The zero-order valence-corrected chi connectivity index (χ0v) is 19.8. The third-order valence-electron chi connectivity index (χ3n) is 5.40. The van der Waals surface area contributed by atoms with E-state index in [1.54, 1.807) is 0 Å². The van der Waals surface area contributed by atoms with Crippen molar-refractivity contribution in [2.45, 2.75) is 23.9 Å². The summed E-state index contributed by atoms with van der Waals surface area (Å²) in [6, 6.07) is 12.6. The molecule has 0 radical (unpaired) electrons. The summed E-state index contributed by atoms with van der Waals surface area (Å²) < 4.78 is 86.0. The minimum atomic E-state index is -4.67. The van der Waals surface area contributed by atoms with Crippen molar-refractivity contribution in [3.8, 4) is 22.8 Å². The van der Waals surface area contributed by atoms with E-state index >= 15 is 0 Å². The highest BCUT2D eigenvalue weighted by Gasteiger charge is 2.33. The lowest BCUT2D eigenvalue weighted by molar-refractivity contribution is -0.136. The molecular weight excluding hydrogens is 514 g/mol. The van der Waals surface area contributed by atoms with Crippen LogP contribution in [0.15, 0.2) is 71.9 Å². The standard InChI is InChI=1S/C25H19F4N3O4S/c26-21-10-9-16(36-15-4-1-5-17(12-15)37(34,35)11-3-8-22(30)33)13-19(21)23-18-6-2-7-20(25(27,28)29)24(18)32-14-31-23/h1-2,4-7,9-10,12-14H,3,8,11H2,(H2,30,33). The summed E-state index contributed by atoms with van der Waals surface area (Å²) in [5.74, 6) is -1.43. The lowest BCUT2D eigenvalue weighted by Crippen LogP contribution is -2.13. The lowest BCUT2D eigenvalue weighted by Gasteiger charge is -2.13. The summed E-state index contributed by atoms with van der Waals surface area (Å²) in [5, 5.41) is -0.00238. The van der Waals surface area contributed by atoms with Crippen molar-refractivity contribution in [3.63, 3.8) is 0 Å². The van der Waals surface area contributed by atoms with Crippen molar-refractivity contribution in [3.05, 3.63) is 78.4 Å². The van der Waals surface area contributed by atoms with E-state index in [0.717, 1.165) is 18.5 Å². The van der Waals surface area contributed by atoms with Crippen LogP contribution in [0, 0.1) is 5.82 Å². The fourth-order valence-electron chi connectivity index (χ4n) is 3.70. The van der Waals surface area contributed by atoms with Crippen molar-refractivity contribution >= 4 is 26.6 Å². The highest BCUT2D eigenvalue weighted by Crippen LogP contribution is 2.37. The highest BCUT2D eigenvalue weighted by atomic mass is 32.2. The van der Waals surface area contributed by atoms with Crippen LogP contribution in [0.2, 0.25) is 0 Å². The maximum atomic E-state index is 14.8. The maximum Gasteiger partial charge on any atom is 0.418 e. The number of ether oxygens (including phenoxy) is 1. The zero-order valence-electron chi connectivity index (χ0n) is 19.0. The molecule has 0 bridgehead atoms. The predicted octanol–water partition coefficient (Wildman–Crippen LogP) is 5.29. The number of hydrogen-bond acceptors (Lipinski definition) is 6. The van der Waals surface area contributed by atoms with Crippen molar-refractivity contribution in [2.75, 3.05) is 5.75 Å². The lowest BCUT2D eigenvalue weighted by atomic mass is 10.0. The number of nitrogens with two attached hydrogens (primary N) is 1. The minimum absolute atomic E-state index is 0.00238. The number of hydrogen-bond donors (Lipinski definition) is 1. The molecule has 1 aromatic heterocycles. The third-order valence-corrected chi connectivity index (χ3v) is 7.20. The van der Waals surface area contributed by atoms with Gasteiger partial charge in [-0.25, -0.2) is 22.8 Å². The van der Waals surface area contributed by atoms with Crippen LogP contribution in [-0.4, -0.2) is 30.0 Å². The number of amides is 1. The van der Waals surface area contributed by atoms with Crippen molar-refractivity contribution in [1.82, 2.24) is 9.97 Å². The van der Waals surface area contributed by atoms with Gasteiger partial charge in [-0.1, -0.05) is 18.2 Å². The maximum absolute atomic E-state index is 14.8. The molecule has 0 aliphatic heterocycles. The molecule has 7 nitrogen and oxygen atoms in total. The average Bonchev–Trinajstić information content (AvgIpc) is 2.84. The number of carbonyl (C=O) groups excluding carboxylic acids is 1. The summed E-state index contributed by atoms with van der Waals surface area (Å²) in [4.78, 5) is 18.6. The van der Waals surface area contributed by atoms with E-state index in [4.69, 9.17) is 10.5 Å². The Hall–Kier alpha value is -4.06. The Bertz CT molecular complexity index is 1590. The van der Waals surface area contributed by atoms with Crippen LogP contribution in [0.3, 0.4) is 0 Å². The number of para-hydroxylation sites is 1. The molecule has 0 atom stereocenters. The first-order chi connectivity index (χ1) is 17.5. The van der Waals surface area contributed by atoms with Crippen LogP contribution < -0.4 is 10.5 Å². The van der Waals surface area contributed by atoms with Gasteiger partial charge in [-0.3, -0.25) is 4.79 Å².